The van der Waals surface area contributed by atoms with Gasteiger partial charge in [-0.1, -0.05) is 30.0 Å². The third kappa shape index (κ3) is 3.41. The fourth-order valence-electron chi connectivity index (χ4n) is 1.05. The minimum atomic E-state index is 0.320. The quantitative estimate of drug-likeness (QED) is 0.785. The van der Waals surface area contributed by atoms with Crippen molar-refractivity contribution >= 4 is 34.9 Å². The molecule has 0 aromatic carbocycles. The fourth-order valence-corrected chi connectivity index (χ4v) is 3.91. The highest BCUT2D eigenvalue weighted by Crippen LogP contribution is 2.33. The summed E-state index contributed by atoms with van der Waals surface area (Å²) < 4.78 is 1.73. The van der Waals surface area contributed by atoms with Crippen LogP contribution in [0.15, 0.2) is 26.1 Å². The lowest BCUT2D eigenvalue weighted by Gasteiger charge is -1.96. The first-order chi connectivity index (χ1) is 8.83. The van der Waals surface area contributed by atoms with Crippen molar-refractivity contribution in [3.05, 3.63) is 18.1 Å². The largest absolute Gasteiger partial charge is 0.245 e. The summed E-state index contributed by atoms with van der Waals surface area (Å²) in [7, 11) is 0. The SMILES string of the molecule is CCCSc1nnc(Sc2nccnc2C#N)s1. The van der Waals surface area contributed by atoms with Crippen LogP contribution in [0.4, 0.5) is 0 Å². The third-order valence-electron chi connectivity index (χ3n) is 1.77. The van der Waals surface area contributed by atoms with Crippen molar-refractivity contribution in [2.45, 2.75) is 27.0 Å². The minimum absolute atomic E-state index is 0.320. The Balaban J connectivity index is 2.09. The number of hydrogen-bond donors (Lipinski definition) is 0. The Labute approximate surface area is 117 Å². The van der Waals surface area contributed by atoms with E-state index in [0.29, 0.717) is 10.7 Å². The average Bonchev–Trinajstić information content (AvgIpc) is 2.84. The van der Waals surface area contributed by atoms with Crippen LogP contribution >= 0.6 is 34.9 Å². The number of thioether (sulfide) groups is 1. The smallest absolute Gasteiger partial charge is 0.181 e. The zero-order chi connectivity index (χ0) is 12.8. The summed E-state index contributed by atoms with van der Waals surface area (Å²) >= 11 is 4.53. The molecular formula is C10H9N5S3. The molecule has 0 atom stereocenters. The molecule has 5 nitrogen and oxygen atoms in total. The van der Waals surface area contributed by atoms with E-state index in [4.69, 9.17) is 5.26 Å². The van der Waals surface area contributed by atoms with Gasteiger partial charge in [-0.05, 0) is 18.2 Å². The second-order valence-electron chi connectivity index (χ2n) is 3.11. The van der Waals surface area contributed by atoms with Crippen LogP contribution in [0.3, 0.4) is 0 Å². The molecule has 0 aliphatic heterocycles. The van der Waals surface area contributed by atoms with Gasteiger partial charge < -0.3 is 0 Å². The Morgan fingerprint density at radius 3 is 2.83 bits per heavy atom. The second-order valence-corrected chi connectivity index (χ2v) is 6.66. The molecule has 18 heavy (non-hydrogen) atoms. The van der Waals surface area contributed by atoms with Crippen molar-refractivity contribution < 1.29 is 0 Å². The van der Waals surface area contributed by atoms with Crippen LogP contribution in [0.25, 0.3) is 0 Å². The molecule has 0 radical (unpaired) electrons. The molecule has 2 heterocycles. The lowest BCUT2D eigenvalue weighted by Crippen LogP contribution is -1.89. The summed E-state index contributed by atoms with van der Waals surface area (Å²) in [4.78, 5) is 8.08. The highest BCUT2D eigenvalue weighted by molar-refractivity contribution is 8.03. The van der Waals surface area contributed by atoms with Crippen molar-refractivity contribution in [3.63, 3.8) is 0 Å². The maximum atomic E-state index is 8.92. The fraction of sp³-hybridized carbons (Fsp3) is 0.300. The average molecular weight is 295 g/mol. The first kappa shape index (κ1) is 13.3. The van der Waals surface area contributed by atoms with Crippen molar-refractivity contribution in [1.82, 2.24) is 20.2 Å². The van der Waals surface area contributed by atoms with Crippen LogP contribution in [0.2, 0.25) is 0 Å². The lowest BCUT2D eigenvalue weighted by atomic mass is 10.5. The van der Waals surface area contributed by atoms with Gasteiger partial charge in [-0.3, -0.25) is 0 Å². The van der Waals surface area contributed by atoms with Gasteiger partial charge in [-0.2, -0.15) is 5.26 Å². The summed E-state index contributed by atoms with van der Waals surface area (Å²) in [5.41, 5.74) is 0.320. The Kier molecular flexibility index (Phi) is 4.92. The second kappa shape index (κ2) is 6.68. The van der Waals surface area contributed by atoms with Crippen LogP contribution in [0.5, 0.6) is 0 Å². The molecule has 8 heteroatoms. The molecule has 0 amide bonds. The van der Waals surface area contributed by atoms with E-state index in [1.165, 1.54) is 29.3 Å². The molecule has 0 bridgehead atoms. The molecule has 0 saturated carbocycles. The zero-order valence-corrected chi connectivity index (χ0v) is 12.0. The summed E-state index contributed by atoms with van der Waals surface area (Å²) in [6.45, 7) is 2.13. The molecule has 0 aliphatic rings. The van der Waals surface area contributed by atoms with Crippen molar-refractivity contribution in [2.75, 3.05) is 5.75 Å². The molecule has 0 spiro atoms. The monoisotopic (exact) mass is 295 g/mol. The first-order valence-electron chi connectivity index (χ1n) is 5.18. The molecule has 0 saturated heterocycles. The van der Waals surface area contributed by atoms with E-state index in [-0.39, 0.29) is 0 Å². The highest BCUT2D eigenvalue weighted by Gasteiger charge is 2.11. The van der Waals surface area contributed by atoms with Crippen LogP contribution < -0.4 is 0 Å². The Bertz CT molecular complexity index is 563. The summed E-state index contributed by atoms with van der Waals surface area (Å²) in [6.07, 6.45) is 4.18. The van der Waals surface area contributed by atoms with E-state index >= 15 is 0 Å². The molecule has 0 unspecified atom stereocenters. The van der Waals surface area contributed by atoms with Gasteiger partial charge in [0.2, 0.25) is 0 Å². The van der Waals surface area contributed by atoms with E-state index < -0.39 is 0 Å². The van der Waals surface area contributed by atoms with Gasteiger partial charge >= 0.3 is 0 Å². The van der Waals surface area contributed by atoms with Gasteiger partial charge in [0.25, 0.3) is 0 Å². The molecular weight excluding hydrogens is 286 g/mol. The van der Waals surface area contributed by atoms with E-state index in [9.17, 15) is 0 Å². The molecule has 2 aromatic heterocycles. The molecule has 2 rings (SSSR count). The minimum Gasteiger partial charge on any atom is -0.245 e. The standard InChI is InChI=1S/C10H9N5S3/c1-2-5-16-9-14-15-10(18-9)17-8-7(6-11)12-3-4-13-8/h3-4H,2,5H2,1H3. The molecule has 0 fully saturated rings. The molecule has 0 N–H and O–H groups in total. The molecule has 2 aromatic rings. The van der Waals surface area contributed by atoms with Gasteiger partial charge in [0.05, 0.1) is 0 Å². The molecule has 0 aliphatic carbocycles. The van der Waals surface area contributed by atoms with Crippen LogP contribution in [0, 0.1) is 11.3 Å². The molecule has 92 valence electrons. The van der Waals surface area contributed by atoms with Gasteiger partial charge in [0.1, 0.15) is 11.1 Å². The number of aromatic nitrogens is 4. The topological polar surface area (TPSA) is 75.3 Å². The van der Waals surface area contributed by atoms with E-state index in [1.807, 2.05) is 6.07 Å². The maximum Gasteiger partial charge on any atom is 0.181 e. The number of nitriles is 1. The Hall–Kier alpha value is -1.17. The van der Waals surface area contributed by atoms with Crippen molar-refractivity contribution in [2.24, 2.45) is 0 Å². The number of hydrogen-bond acceptors (Lipinski definition) is 8. The predicted molar refractivity (Wildman–Crippen MR) is 71.8 cm³/mol. The van der Waals surface area contributed by atoms with E-state index in [2.05, 4.69) is 27.1 Å². The number of rotatable bonds is 5. The van der Waals surface area contributed by atoms with Gasteiger partial charge in [-0.25, -0.2) is 9.97 Å². The number of nitrogens with zero attached hydrogens (tertiary/aromatic N) is 5. The summed E-state index contributed by atoms with van der Waals surface area (Å²) in [5.74, 6) is 1.04. The van der Waals surface area contributed by atoms with E-state index in [1.54, 1.807) is 18.0 Å². The van der Waals surface area contributed by atoms with Gasteiger partial charge in [0, 0.05) is 18.1 Å². The van der Waals surface area contributed by atoms with Crippen LogP contribution in [0.1, 0.15) is 19.0 Å². The Morgan fingerprint density at radius 1 is 1.28 bits per heavy atom. The maximum absolute atomic E-state index is 8.92. The summed E-state index contributed by atoms with van der Waals surface area (Å²) in [5, 5.41) is 17.6. The Morgan fingerprint density at radius 2 is 2.06 bits per heavy atom. The van der Waals surface area contributed by atoms with Crippen molar-refractivity contribution in [3.8, 4) is 6.07 Å². The normalized spacial score (nSPS) is 10.2. The van der Waals surface area contributed by atoms with Crippen LogP contribution in [-0.2, 0) is 0 Å². The third-order valence-corrected chi connectivity index (χ3v) is 5.08. The van der Waals surface area contributed by atoms with Crippen molar-refractivity contribution in [1.29, 1.82) is 5.26 Å². The zero-order valence-electron chi connectivity index (χ0n) is 9.53. The van der Waals surface area contributed by atoms with E-state index in [0.717, 1.165) is 20.9 Å². The van der Waals surface area contributed by atoms with Gasteiger partial charge in [-0.15, -0.1) is 10.2 Å². The summed E-state index contributed by atoms with van der Waals surface area (Å²) in [6, 6.07) is 2.01. The predicted octanol–water partition coefficient (Wildman–Crippen LogP) is 2.85. The lowest BCUT2D eigenvalue weighted by molar-refractivity contribution is 0.947. The van der Waals surface area contributed by atoms with Gasteiger partial charge in [0.15, 0.2) is 14.4 Å². The highest BCUT2D eigenvalue weighted by atomic mass is 32.2. The first-order valence-corrected chi connectivity index (χ1v) is 7.80. The van der Waals surface area contributed by atoms with Crippen LogP contribution in [-0.4, -0.2) is 25.9 Å².